The Kier molecular flexibility index (Phi) is 2.88. The molecule has 1 heterocycles. The fraction of sp³-hybridized carbons (Fsp3) is 0.308. The standard InChI is InChI=1S/C13H14FNO2/c1-8-10-6-9(14)4-5-11(10)17-12(8)7-13(16)15(2)3/h4-6H,7H2,1-3H3. The molecule has 0 radical (unpaired) electrons. The van der Waals surface area contributed by atoms with Gasteiger partial charge in [-0.3, -0.25) is 4.79 Å². The largest absolute Gasteiger partial charge is 0.460 e. The molecule has 0 N–H and O–H groups in total. The first kappa shape index (κ1) is 11.6. The van der Waals surface area contributed by atoms with Crippen molar-refractivity contribution in [1.29, 1.82) is 0 Å². The third-order valence-corrected chi connectivity index (χ3v) is 2.81. The Bertz CT molecular complexity index is 572. The van der Waals surface area contributed by atoms with Crippen molar-refractivity contribution in [3.05, 3.63) is 35.3 Å². The fourth-order valence-electron chi connectivity index (χ4n) is 1.71. The Labute approximate surface area is 98.8 Å². The van der Waals surface area contributed by atoms with Crippen molar-refractivity contribution in [2.45, 2.75) is 13.3 Å². The average molecular weight is 235 g/mol. The van der Waals surface area contributed by atoms with E-state index in [9.17, 15) is 9.18 Å². The SMILES string of the molecule is Cc1c(CC(=O)N(C)C)oc2ccc(F)cc12. The van der Waals surface area contributed by atoms with Crippen LogP contribution < -0.4 is 0 Å². The topological polar surface area (TPSA) is 33.5 Å². The van der Waals surface area contributed by atoms with Gasteiger partial charge in [0.2, 0.25) is 5.91 Å². The van der Waals surface area contributed by atoms with Gasteiger partial charge in [0.05, 0.1) is 6.42 Å². The summed E-state index contributed by atoms with van der Waals surface area (Å²) in [5.74, 6) is 0.267. The second-order valence-corrected chi connectivity index (χ2v) is 4.26. The van der Waals surface area contributed by atoms with Crippen LogP contribution in [0.5, 0.6) is 0 Å². The summed E-state index contributed by atoms with van der Waals surface area (Å²) in [6, 6.07) is 4.36. The molecule has 0 unspecified atom stereocenters. The lowest BCUT2D eigenvalue weighted by molar-refractivity contribution is -0.128. The number of halogens is 1. The van der Waals surface area contributed by atoms with E-state index in [2.05, 4.69) is 0 Å². The second-order valence-electron chi connectivity index (χ2n) is 4.26. The molecule has 0 saturated heterocycles. The zero-order valence-corrected chi connectivity index (χ0v) is 10.1. The summed E-state index contributed by atoms with van der Waals surface area (Å²) in [7, 11) is 3.39. The van der Waals surface area contributed by atoms with Crippen molar-refractivity contribution in [2.24, 2.45) is 0 Å². The molecule has 0 bridgehead atoms. The molecular weight excluding hydrogens is 221 g/mol. The Morgan fingerprint density at radius 1 is 1.41 bits per heavy atom. The minimum Gasteiger partial charge on any atom is -0.460 e. The number of hydrogen-bond acceptors (Lipinski definition) is 2. The second kappa shape index (κ2) is 4.20. The quantitative estimate of drug-likeness (QED) is 0.801. The van der Waals surface area contributed by atoms with E-state index in [4.69, 9.17) is 4.42 Å². The summed E-state index contributed by atoms with van der Waals surface area (Å²) in [5.41, 5.74) is 1.44. The molecule has 2 rings (SSSR count). The van der Waals surface area contributed by atoms with Crippen molar-refractivity contribution >= 4 is 16.9 Å². The van der Waals surface area contributed by atoms with Crippen LogP contribution in [0.2, 0.25) is 0 Å². The molecule has 1 aromatic heterocycles. The fourth-order valence-corrected chi connectivity index (χ4v) is 1.71. The lowest BCUT2D eigenvalue weighted by Crippen LogP contribution is -2.23. The number of benzene rings is 1. The molecule has 90 valence electrons. The third-order valence-electron chi connectivity index (χ3n) is 2.81. The van der Waals surface area contributed by atoms with Gasteiger partial charge >= 0.3 is 0 Å². The highest BCUT2D eigenvalue weighted by Crippen LogP contribution is 2.26. The van der Waals surface area contributed by atoms with E-state index in [1.165, 1.54) is 17.0 Å². The first-order valence-corrected chi connectivity index (χ1v) is 5.36. The molecule has 4 heteroatoms. The van der Waals surface area contributed by atoms with E-state index in [-0.39, 0.29) is 18.1 Å². The lowest BCUT2D eigenvalue weighted by atomic mass is 10.1. The molecule has 0 aliphatic carbocycles. The normalized spacial score (nSPS) is 10.8. The van der Waals surface area contributed by atoms with Crippen LogP contribution >= 0.6 is 0 Å². The summed E-state index contributed by atoms with van der Waals surface area (Å²) < 4.78 is 18.7. The Hall–Kier alpha value is -1.84. The highest BCUT2D eigenvalue weighted by atomic mass is 19.1. The maximum atomic E-state index is 13.1. The molecule has 2 aromatic rings. The van der Waals surface area contributed by atoms with Crippen LogP contribution in [0.4, 0.5) is 4.39 Å². The molecule has 0 aliphatic heterocycles. The van der Waals surface area contributed by atoms with Crippen LogP contribution in [-0.4, -0.2) is 24.9 Å². The molecule has 17 heavy (non-hydrogen) atoms. The summed E-state index contributed by atoms with van der Waals surface area (Å²) in [6.07, 6.45) is 0.204. The van der Waals surface area contributed by atoms with Gasteiger partial charge in [0.25, 0.3) is 0 Å². The smallest absolute Gasteiger partial charge is 0.229 e. The number of hydrogen-bond donors (Lipinski definition) is 0. The number of aryl methyl sites for hydroxylation is 1. The van der Waals surface area contributed by atoms with Crippen molar-refractivity contribution < 1.29 is 13.6 Å². The number of nitrogens with zero attached hydrogens (tertiary/aromatic N) is 1. The minimum absolute atomic E-state index is 0.0346. The molecule has 0 spiro atoms. The van der Waals surface area contributed by atoms with Crippen LogP contribution in [-0.2, 0) is 11.2 Å². The van der Waals surface area contributed by atoms with Gasteiger partial charge in [-0.1, -0.05) is 0 Å². The van der Waals surface area contributed by atoms with E-state index in [0.29, 0.717) is 11.3 Å². The molecule has 1 amide bonds. The molecule has 3 nitrogen and oxygen atoms in total. The third kappa shape index (κ3) is 2.16. The number of carbonyl (C=O) groups is 1. The number of rotatable bonds is 2. The predicted molar refractivity (Wildman–Crippen MR) is 63.3 cm³/mol. The number of likely N-dealkylation sites (N-methyl/N-ethyl adjacent to an activating group) is 1. The number of fused-ring (bicyclic) bond motifs is 1. The lowest BCUT2D eigenvalue weighted by Gasteiger charge is -2.08. The summed E-state index contributed by atoms with van der Waals surface area (Å²) in [5, 5.41) is 0.728. The van der Waals surface area contributed by atoms with Crippen molar-refractivity contribution in [1.82, 2.24) is 4.90 Å². The minimum atomic E-state index is -0.299. The monoisotopic (exact) mass is 235 g/mol. The zero-order valence-electron chi connectivity index (χ0n) is 10.1. The van der Waals surface area contributed by atoms with Crippen molar-refractivity contribution in [2.75, 3.05) is 14.1 Å². The summed E-state index contributed by atoms with van der Waals surface area (Å²) in [6.45, 7) is 1.84. The molecule has 0 atom stereocenters. The predicted octanol–water partition coefficient (Wildman–Crippen LogP) is 2.51. The maximum Gasteiger partial charge on any atom is 0.229 e. The Morgan fingerprint density at radius 3 is 2.76 bits per heavy atom. The van der Waals surface area contributed by atoms with E-state index in [1.807, 2.05) is 6.92 Å². The van der Waals surface area contributed by atoms with Gasteiger partial charge in [-0.25, -0.2) is 4.39 Å². The van der Waals surface area contributed by atoms with E-state index in [1.54, 1.807) is 20.2 Å². The number of carbonyl (C=O) groups excluding carboxylic acids is 1. The van der Waals surface area contributed by atoms with E-state index >= 15 is 0 Å². The molecule has 0 saturated carbocycles. The van der Waals surface area contributed by atoms with Gasteiger partial charge in [-0.15, -0.1) is 0 Å². The van der Waals surface area contributed by atoms with Gasteiger partial charge in [0, 0.05) is 19.5 Å². The van der Waals surface area contributed by atoms with Crippen LogP contribution in [0.1, 0.15) is 11.3 Å². The molecule has 0 fully saturated rings. The maximum absolute atomic E-state index is 13.1. The van der Waals surface area contributed by atoms with Crippen LogP contribution in [0.3, 0.4) is 0 Å². The summed E-state index contributed by atoms with van der Waals surface area (Å²) in [4.78, 5) is 13.1. The van der Waals surface area contributed by atoms with E-state index in [0.717, 1.165) is 10.9 Å². The molecule has 0 aliphatic rings. The number of furan rings is 1. The van der Waals surface area contributed by atoms with Gasteiger partial charge < -0.3 is 9.32 Å². The average Bonchev–Trinajstić information content (AvgIpc) is 2.56. The zero-order chi connectivity index (χ0) is 12.6. The van der Waals surface area contributed by atoms with E-state index < -0.39 is 0 Å². The van der Waals surface area contributed by atoms with Crippen molar-refractivity contribution in [3.63, 3.8) is 0 Å². The van der Waals surface area contributed by atoms with Gasteiger partial charge in [-0.2, -0.15) is 0 Å². The van der Waals surface area contributed by atoms with Gasteiger partial charge in [-0.05, 0) is 30.7 Å². The van der Waals surface area contributed by atoms with Gasteiger partial charge in [0.1, 0.15) is 17.2 Å². The first-order chi connectivity index (χ1) is 7.99. The van der Waals surface area contributed by atoms with Crippen molar-refractivity contribution in [3.8, 4) is 0 Å². The van der Waals surface area contributed by atoms with Crippen LogP contribution in [0, 0.1) is 12.7 Å². The molecular formula is C13H14FNO2. The molecule has 1 aromatic carbocycles. The highest BCUT2D eigenvalue weighted by Gasteiger charge is 2.15. The van der Waals surface area contributed by atoms with Crippen LogP contribution in [0.25, 0.3) is 11.0 Å². The summed E-state index contributed by atoms with van der Waals surface area (Å²) >= 11 is 0. The van der Waals surface area contributed by atoms with Crippen LogP contribution in [0.15, 0.2) is 22.6 Å². The number of amides is 1. The highest BCUT2D eigenvalue weighted by molar-refractivity contribution is 5.85. The Morgan fingerprint density at radius 2 is 2.12 bits per heavy atom. The first-order valence-electron chi connectivity index (χ1n) is 5.36. The van der Waals surface area contributed by atoms with Gasteiger partial charge in [0.15, 0.2) is 0 Å². The Balaban J connectivity index is 2.42.